The average Bonchev–Trinajstić information content (AvgIpc) is 2.68. The number of hydrogen-bond donors (Lipinski definition) is 1. The lowest BCUT2D eigenvalue weighted by molar-refractivity contribution is -0.384. The van der Waals surface area contributed by atoms with E-state index in [1.165, 1.54) is 12.1 Å². The molecule has 142 valence electrons. The second-order valence-electron chi connectivity index (χ2n) is 6.55. The molecule has 0 bridgehead atoms. The van der Waals surface area contributed by atoms with Crippen LogP contribution in [0.4, 0.5) is 11.4 Å². The van der Waals surface area contributed by atoms with Crippen molar-refractivity contribution >= 4 is 28.8 Å². The van der Waals surface area contributed by atoms with Crippen molar-refractivity contribution in [3.63, 3.8) is 0 Å². The summed E-state index contributed by atoms with van der Waals surface area (Å²) in [5.74, 6) is -0.0159. The summed E-state index contributed by atoms with van der Waals surface area (Å²) in [6, 6.07) is 20.5. The summed E-state index contributed by atoms with van der Waals surface area (Å²) in [7, 11) is 0. The minimum atomic E-state index is -0.445. The normalized spacial score (nSPS) is 11.6. The fourth-order valence-corrected chi connectivity index (χ4v) is 3.03. The highest BCUT2D eigenvalue weighted by atomic mass is 35.5. The maximum absolute atomic E-state index is 12.8. The molecule has 0 aromatic heterocycles. The van der Waals surface area contributed by atoms with Crippen molar-refractivity contribution in [1.82, 2.24) is 0 Å². The van der Waals surface area contributed by atoms with Crippen molar-refractivity contribution < 1.29 is 9.72 Å². The summed E-state index contributed by atoms with van der Waals surface area (Å²) in [6.07, 6.45) is 0.202. The maximum Gasteiger partial charge on any atom is 0.271 e. The highest BCUT2D eigenvalue weighted by Crippen LogP contribution is 2.27. The number of non-ortho nitro benzene ring substituents is 1. The van der Waals surface area contributed by atoms with Crippen LogP contribution >= 0.6 is 11.6 Å². The third kappa shape index (κ3) is 4.96. The Morgan fingerprint density at radius 3 is 2.39 bits per heavy atom. The second kappa shape index (κ2) is 8.67. The van der Waals surface area contributed by atoms with Crippen LogP contribution in [0.15, 0.2) is 72.8 Å². The Kier molecular flexibility index (Phi) is 6.06. The Morgan fingerprint density at radius 2 is 1.75 bits per heavy atom. The van der Waals surface area contributed by atoms with Gasteiger partial charge in [-0.1, -0.05) is 59.6 Å². The molecule has 0 aliphatic rings. The van der Waals surface area contributed by atoms with Gasteiger partial charge in [0.2, 0.25) is 0 Å². The molecule has 0 spiro atoms. The van der Waals surface area contributed by atoms with E-state index in [1.54, 1.807) is 24.3 Å². The predicted octanol–water partition coefficient (Wildman–Crippen LogP) is 5.98. The predicted molar refractivity (Wildman–Crippen MR) is 111 cm³/mol. The van der Waals surface area contributed by atoms with Crippen LogP contribution in [0, 0.1) is 17.0 Å². The van der Waals surface area contributed by atoms with Gasteiger partial charge in [-0.2, -0.15) is 0 Å². The summed E-state index contributed by atoms with van der Waals surface area (Å²) < 4.78 is 0. The topological polar surface area (TPSA) is 72.2 Å². The van der Waals surface area contributed by atoms with Crippen LogP contribution in [0.5, 0.6) is 0 Å². The molecule has 1 N–H and O–H groups in total. The van der Waals surface area contributed by atoms with Gasteiger partial charge in [0, 0.05) is 34.8 Å². The van der Waals surface area contributed by atoms with E-state index in [2.05, 4.69) is 5.32 Å². The summed E-state index contributed by atoms with van der Waals surface area (Å²) in [5, 5.41) is 14.9. The van der Waals surface area contributed by atoms with Crippen LogP contribution in [0.3, 0.4) is 0 Å². The molecular formula is C22H19ClN2O3. The number of Topliss-reactive ketones (excluding diaryl/α,β-unsaturated/α-hetero) is 1. The Morgan fingerprint density at radius 1 is 1.07 bits per heavy atom. The number of nitro groups is 1. The molecule has 3 aromatic rings. The number of nitrogens with one attached hydrogen (secondary N) is 1. The first-order chi connectivity index (χ1) is 13.4. The van der Waals surface area contributed by atoms with Crippen molar-refractivity contribution in [2.45, 2.75) is 19.4 Å². The van der Waals surface area contributed by atoms with Crippen molar-refractivity contribution in [2.75, 3.05) is 5.32 Å². The number of anilines is 1. The van der Waals surface area contributed by atoms with Gasteiger partial charge in [0.1, 0.15) is 0 Å². The van der Waals surface area contributed by atoms with Crippen molar-refractivity contribution in [3.8, 4) is 0 Å². The number of aryl methyl sites for hydroxylation is 1. The van der Waals surface area contributed by atoms with E-state index in [0.29, 0.717) is 16.3 Å². The molecule has 1 unspecified atom stereocenters. The van der Waals surface area contributed by atoms with Crippen LogP contribution in [0.25, 0.3) is 0 Å². The summed E-state index contributed by atoms with van der Waals surface area (Å²) in [5.41, 5.74) is 3.15. The van der Waals surface area contributed by atoms with E-state index in [4.69, 9.17) is 11.6 Å². The molecule has 0 amide bonds. The summed E-state index contributed by atoms with van der Waals surface area (Å²) >= 11 is 5.99. The van der Waals surface area contributed by atoms with Crippen molar-refractivity contribution in [2.24, 2.45) is 0 Å². The molecule has 0 fully saturated rings. The molecule has 0 aliphatic carbocycles. The Labute approximate surface area is 168 Å². The number of hydrogen-bond acceptors (Lipinski definition) is 4. The average molecular weight is 395 g/mol. The van der Waals surface area contributed by atoms with Gasteiger partial charge in [0.15, 0.2) is 5.78 Å². The van der Waals surface area contributed by atoms with Crippen LogP contribution < -0.4 is 5.32 Å². The number of nitro benzene ring substituents is 1. The van der Waals surface area contributed by atoms with Crippen LogP contribution in [0.1, 0.15) is 33.9 Å². The summed E-state index contributed by atoms with van der Waals surface area (Å²) in [6.45, 7) is 1.97. The van der Waals surface area contributed by atoms with Gasteiger partial charge in [-0.05, 0) is 30.7 Å². The van der Waals surface area contributed by atoms with E-state index >= 15 is 0 Å². The molecule has 0 saturated heterocycles. The number of nitrogens with zero attached hydrogens (tertiary/aromatic N) is 1. The van der Waals surface area contributed by atoms with Gasteiger partial charge in [-0.3, -0.25) is 14.9 Å². The molecule has 0 heterocycles. The highest BCUT2D eigenvalue weighted by molar-refractivity contribution is 6.30. The zero-order valence-corrected chi connectivity index (χ0v) is 16.0. The van der Waals surface area contributed by atoms with Gasteiger partial charge < -0.3 is 5.32 Å². The standard InChI is InChI=1S/C22H19ClN2O3/c1-15-5-7-17(8-6-15)22(26)14-21(16-9-11-18(23)12-10-16)24-19-3-2-4-20(13-19)25(27)28/h2-13,21,24H,14H2,1H3. The van der Waals surface area contributed by atoms with Crippen LogP contribution in [0.2, 0.25) is 5.02 Å². The number of carbonyl (C=O) groups is 1. The Balaban J connectivity index is 1.87. The first-order valence-corrected chi connectivity index (χ1v) is 9.16. The lowest BCUT2D eigenvalue weighted by Gasteiger charge is -2.20. The van der Waals surface area contributed by atoms with E-state index in [-0.39, 0.29) is 23.9 Å². The van der Waals surface area contributed by atoms with Gasteiger partial charge in [0.25, 0.3) is 5.69 Å². The lowest BCUT2D eigenvalue weighted by Crippen LogP contribution is -2.16. The van der Waals surface area contributed by atoms with Gasteiger partial charge in [-0.15, -0.1) is 0 Å². The molecule has 0 aliphatic heterocycles. The second-order valence-corrected chi connectivity index (χ2v) is 6.99. The first-order valence-electron chi connectivity index (χ1n) is 8.79. The Hall–Kier alpha value is -3.18. The third-order valence-electron chi connectivity index (χ3n) is 4.43. The lowest BCUT2D eigenvalue weighted by atomic mass is 9.97. The zero-order chi connectivity index (χ0) is 20.1. The number of carbonyl (C=O) groups excluding carboxylic acids is 1. The van der Waals surface area contributed by atoms with Crippen LogP contribution in [-0.2, 0) is 0 Å². The molecule has 1 atom stereocenters. The fourth-order valence-electron chi connectivity index (χ4n) is 2.90. The molecular weight excluding hydrogens is 376 g/mol. The van der Waals surface area contributed by atoms with Crippen LogP contribution in [-0.4, -0.2) is 10.7 Å². The molecule has 0 saturated carbocycles. The fraction of sp³-hybridized carbons (Fsp3) is 0.136. The molecule has 5 nitrogen and oxygen atoms in total. The molecule has 6 heteroatoms. The molecule has 28 heavy (non-hydrogen) atoms. The number of benzene rings is 3. The monoisotopic (exact) mass is 394 g/mol. The zero-order valence-electron chi connectivity index (χ0n) is 15.3. The largest absolute Gasteiger partial charge is 0.378 e. The molecule has 3 aromatic carbocycles. The van der Waals surface area contributed by atoms with E-state index in [9.17, 15) is 14.9 Å². The van der Waals surface area contributed by atoms with Gasteiger partial charge in [-0.25, -0.2) is 0 Å². The van der Waals surface area contributed by atoms with Crippen molar-refractivity contribution in [1.29, 1.82) is 0 Å². The number of ketones is 1. The minimum absolute atomic E-state index is 0.00952. The third-order valence-corrected chi connectivity index (χ3v) is 4.69. The van der Waals surface area contributed by atoms with E-state index in [0.717, 1.165) is 11.1 Å². The summed E-state index contributed by atoms with van der Waals surface area (Å²) in [4.78, 5) is 23.4. The molecule has 3 rings (SSSR count). The first kappa shape index (κ1) is 19.6. The molecule has 0 radical (unpaired) electrons. The quantitative estimate of drug-likeness (QED) is 0.304. The highest BCUT2D eigenvalue weighted by Gasteiger charge is 2.18. The van der Waals surface area contributed by atoms with Gasteiger partial charge >= 0.3 is 0 Å². The smallest absolute Gasteiger partial charge is 0.271 e. The Bertz CT molecular complexity index is 985. The SMILES string of the molecule is Cc1ccc(C(=O)CC(Nc2cccc([N+](=O)[O-])c2)c2ccc(Cl)cc2)cc1. The van der Waals surface area contributed by atoms with Gasteiger partial charge in [0.05, 0.1) is 11.0 Å². The number of rotatable bonds is 7. The maximum atomic E-state index is 12.8. The van der Waals surface area contributed by atoms with E-state index < -0.39 is 4.92 Å². The number of halogens is 1. The van der Waals surface area contributed by atoms with E-state index in [1.807, 2.05) is 43.3 Å². The van der Waals surface area contributed by atoms with Crippen molar-refractivity contribution in [3.05, 3.63) is 105 Å². The minimum Gasteiger partial charge on any atom is -0.378 e.